The molecule has 6 heteroatoms. The van der Waals surface area contributed by atoms with Crippen LogP contribution in [0, 0.1) is 0 Å². The van der Waals surface area contributed by atoms with E-state index in [4.69, 9.17) is 9.52 Å². The van der Waals surface area contributed by atoms with Crippen molar-refractivity contribution >= 4 is 17.1 Å². The SMILES string of the molecule is CC(C)n1c(=O)oc2ccc(C(O)C(=O)O)cc21. The van der Waals surface area contributed by atoms with E-state index in [2.05, 4.69) is 0 Å². The molecule has 0 amide bonds. The number of carboxylic acids is 1. The summed E-state index contributed by atoms with van der Waals surface area (Å²) in [5, 5.41) is 18.2. The Kier molecular flexibility index (Phi) is 2.96. The first kappa shape index (κ1) is 12.4. The van der Waals surface area contributed by atoms with Crippen LogP contribution in [0.15, 0.2) is 27.4 Å². The molecule has 1 aromatic carbocycles. The second-order valence-corrected chi connectivity index (χ2v) is 4.30. The molecular weight excluding hydrogens is 238 g/mol. The van der Waals surface area contributed by atoms with Crippen molar-refractivity contribution in [1.82, 2.24) is 4.57 Å². The number of aliphatic carboxylic acids is 1. The van der Waals surface area contributed by atoms with Gasteiger partial charge in [-0.15, -0.1) is 0 Å². The van der Waals surface area contributed by atoms with Crippen LogP contribution in [-0.2, 0) is 4.79 Å². The highest BCUT2D eigenvalue weighted by Gasteiger charge is 2.19. The summed E-state index contributed by atoms with van der Waals surface area (Å²) in [6.45, 7) is 3.63. The fourth-order valence-corrected chi connectivity index (χ4v) is 1.85. The van der Waals surface area contributed by atoms with Gasteiger partial charge in [-0.1, -0.05) is 6.07 Å². The summed E-state index contributed by atoms with van der Waals surface area (Å²) in [4.78, 5) is 22.3. The van der Waals surface area contributed by atoms with Crippen molar-refractivity contribution in [2.75, 3.05) is 0 Å². The molecule has 1 atom stereocenters. The Hall–Kier alpha value is -2.08. The van der Waals surface area contributed by atoms with Crippen molar-refractivity contribution in [2.24, 2.45) is 0 Å². The molecule has 2 aromatic rings. The number of benzene rings is 1. The number of aliphatic hydroxyl groups excluding tert-OH is 1. The zero-order chi connectivity index (χ0) is 13.4. The van der Waals surface area contributed by atoms with Gasteiger partial charge in [0, 0.05) is 6.04 Å². The second kappa shape index (κ2) is 4.30. The van der Waals surface area contributed by atoms with Crippen molar-refractivity contribution in [2.45, 2.75) is 26.0 Å². The summed E-state index contributed by atoms with van der Waals surface area (Å²) in [5.41, 5.74) is 1.06. The smallest absolute Gasteiger partial charge is 0.420 e. The first-order valence-corrected chi connectivity index (χ1v) is 5.47. The molecule has 96 valence electrons. The first-order valence-electron chi connectivity index (χ1n) is 5.47. The average molecular weight is 251 g/mol. The molecule has 0 bridgehead atoms. The van der Waals surface area contributed by atoms with Crippen LogP contribution >= 0.6 is 0 Å². The lowest BCUT2D eigenvalue weighted by atomic mass is 10.1. The number of aliphatic hydroxyl groups is 1. The summed E-state index contributed by atoms with van der Waals surface area (Å²) >= 11 is 0. The molecule has 1 unspecified atom stereocenters. The minimum atomic E-state index is -1.61. The van der Waals surface area contributed by atoms with Gasteiger partial charge in [-0.2, -0.15) is 0 Å². The second-order valence-electron chi connectivity index (χ2n) is 4.30. The molecule has 0 aliphatic rings. The van der Waals surface area contributed by atoms with E-state index in [1.807, 2.05) is 13.8 Å². The van der Waals surface area contributed by atoms with E-state index in [1.165, 1.54) is 22.8 Å². The Bertz CT molecular complexity index is 652. The number of carboxylic acid groups (broad SMARTS) is 1. The Morgan fingerprint density at radius 1 is 1.39 bits per heavy atom. The Balaban J connectivity index is 2.66. The highest BCUT2D eigenvalue weighted by Crippen LogP contribution is 2.22. The van der Waals surface area contributed by atoms with Crippen molar-refractivity contribution in [3.8, 4) is 0 Å². The Morgan fingerprint density at radius 3 is 2.61 bits per heavy atom. The highest BCUT2D eigenvalue weighted by atomic mass is 16.4. The monoisotopic (exact) mass is 251 g/mol. The van der Waals surface area contributed by atoms with E-state index in [0.717, 1.165) is 0 Å². The molecule has 2 N–H and O–H groups in total. The number of hydrogen-bond acceptors (Lipinski definition) is 4. The van der Waals surface area contributed by atoms with E-state index < -0.39 is 17.8 Å². The lowest BCUT2D eigenvalue weighted by Crippen LogP contribution is -2.16. The van der Waals surface area contributed by atoms with E-state index >= 15 is 0 Å². The fraction of sp³-hybridized carbons (Fsp3) is 0.333. The molecule has 2 rings (SSSR count). The van der Waals surface area contributed by atoms with Gasteiger partial charge in [0.1, 0.15) is 0 Å². The molecule has 18 heavy (non-hydrogen) atoms. The minimum absolute atomic E-state index is 0.115. The predicted molar refractivity (Wildman–Crippen MR) is 63.5 cm³/mol. The molecule has 1 aromatic heterocycles. The number of fused-ring (bicyclic) bond motifs is 1. The number of hydrogen-bond donors (Lipinski definition) is 2. The zero-order valence-electron chi connectivity index (χ0n) is 9.95. The molecule has 0 fully saturated rings. The molecule has 0 saturated carbocycles. The maximum Gasteiger partial charge on any atom is 0.420 e. The molecule has 1 heterocycles. The van der Waals surface area contributed by atoms with Gasteiger partial charge in [0.05, 0.1) is 5.52 Å². The van der Waals surface area contributed by atoms with Crippen LogP contribution in [0.1, 0.15) is 31.6 Å². The molecule has 6 nitrogen and oxygen atoms in total. The van der Waals surface area contributed by atoms with E-state index in [-0.39, 0.29) is 11.6 Å². The van der Waals surface area contributed by atoms with Crippen LogP contribution in [0.25, 0.3) is 11.1 Å². The van der Waals surface area contributed by atoms with Gasteiger partial charge >= 0.3 is 11.7 Å². The third-order valence-electron chi connectivity index (χ3n) is 2.70. The third kappa shape index (κ3) is 1.91. The summed E-state index contributed by atoms with van der Waals surface area (Å²) in [6.07, 6.45) is -1.61. The van der Waals surface area contributed by atoms with Crippen LogP contribution < -0.4 is 5.76 Å². The molecule has 0 spiro atoms. The van der Waals surface area contributed by atoms with Gasteiger partial charge in [0.2, 0.25) is 0 Å². The van der Waals surface area contributed by atoms with Gasteiger partial charge in [0.15, 0.2) is 11.7 Å². The topological polar surface area (TPSA) is 92.7 Å². The summed E-state index contributed by atoms with van der Waals surface area (Å²) in [7, 11) is 0. The molecule has 0 aliphatic heterocycles. The van der Waals surface area contributed by atoms with Crippen LogP contribution in [-0.4, -0.2) is 20.7 Å². The van der Waals surface area contributed by atoms with E-state index in [0.29, 0.717) is 11.1 Å². The zero-order valence-corrected chi connectivity index (χ0v) is 9.95. The maximum absolute atomic E-state index is 11.6. The first-order chi connectivity index (χ1) is 8.41. The number of aromatic nitrogens is 1. The van der Waals surface area contributed by atoms with E-state index in [1.54, 1.807) is 0 Å². The predicted octanol–water partition coefficient (Wildman–Crippen LogP) is 1.29. The minimum Gasteiger partial charge on any atom is -0.479 e. The highest BCUT2D eigenvalue weighted by molar-refractivity contribution is 5.79. The molecule has 0 saturated heterocycles. The van der Waals surface area contributed by atoms with Crippen molar-refractivity contribution in [3.05, 3.63) is 34.3 Å². The largest absolute Gasteiger partial charge is 0.479 e. The fourth-order valence-electron chi connectivity index (χ4n) is 1.85. The Labute approximate surface area is 102 Å². The number of nitrogens with zero attached hydrogens (tertiary/aromatic N) is 1. The van der Waals surface area contributed by atoms with Crippen LogP contribution in [0.3, 0.4) is 0 Å². The van der Waals surface area contributed by atoms with Gasteiger partial charge in [-0.3, -0.25) is 4.57 Å². The number of rotatable bonds is 3. The third-order valence-corrected chi connectivity index (χ3v) is 2.70. The van der Waals surface area contributed by atoms with Crippen LogP contribution in [0.5, 0.6) is 0 Å². The lowest BCUT2D eigenvalue weighted by molar-refractivity contribution is -0.146. The summed E-state index contributed by atoms with van der Waals surface area (Å²) in [6, 6.07) is 4.25. The Morgan fingerprint density at radius 2 is 2.06 bits per heavy atom. The van der Waals surface area contributed by atoms with Gasteiger partial charge < -0.3 is 14.6 Å². The van der Waals surface area contributed by atoms with E-state index in [9.17, 15) is 14.7 Å². The number of oxazole rings is 1. The lowest BCUT2D eigenvalue weighted by Gasteiger charge is -2.08. The summed E-state index contributed by atoms with van der Waals surface area (Å²) in [5.74, 6) is -1.83. The van der Waals surface area contributed by atoms with Crippen molar-refractivity contribution < 1.29 is 19.4 Å². The van der Waals surface area contributed by atoms with Gasteiger partial charge in [-0.05, 0) is 31.5 Å². The average Bonchev–Trinajstić information content (AvgIpc) is 2.62. The summed E-state index contributed by atoms with van der Waals surface area (Å²) < 4.78 is 6.44. The van der Waals surface area contributed by atoms with Gasteiger partial charge in [0.25, 0.3) is 0 Å². The molecular formula is C12H13NO5. The van der Waals surface area contributed by atoms with Crippen LogP contribution in [0.2, 0.25) is 0 Å². The normalized spacial score (nSPS) is 13.1. The molecule has 0 radical (unpaired) electrons. The van der Waals surface area contributed by atoms with Crippen molar-refractivity contribution in [1.29, 1.82) is 0 Å². The standard InChI is InChI=1S/C12H13NO5/c1-6(2)13-8-5-7(10(14)11(15)16)3-4-9(8)18-12(13)17/h3-6,10,14H,1-2H3,(H,15,16). The van der Waals surface area contributed by atoms with Crippen molar-refractivity contribution in [3.63, 3.8) is 0 Å². The van der Waals surface area contributed by atoms with Gasteiger partial charge in [-0.25, -0.2) is 9.59 Å². The van der Waals surface area contributed by atoms with Crippen LogP contribution in [0.4, 0.5) is 0 Å². The quantitative estimate of drug-likeness (QED) is 0.857. The molecule has 0 aliphatic carbocycles. The maximum atomic E-state index is 11.6. The number of carbonyl (C=O) groups is 1.